The third-order valence-corrected chi connectivity index (χ3v) is 7.54. The summed E-state index contributed by atoms with van der Waals surface area (Å²) >= 11 is 1.55. The van der Waals surface area contributed by atoms with Crippen LogP contribution in [0.4, 0.5) is 5.69 Å². The highest BCUT2D eigenvalue weighted by Gasteiger charge is 2.59. The number of hydrogen-bond acceptors (Lipinski definition) is 4. The van der Waals surface area contributed by atoms with Gasteiger partial charge >= 0.3 is 0 Å². The number of rotatable bonds is 4. The third-order valence-electron chi connectivity index (χ3n) is 6.12. The molecule has 3 aromatic carbocycles. The SMILES string of the molecule is COc1cccc(CN2C(=O)C3(SCCN3C(=O)c3ccc(C)cc3)c3ccccc32)c1. The second-order valence-corrected chi connectivity index (χ2v) is 9.36. The van der Waals surface area contributed by atoms with Crippen molar-refractivity contribution in [3.8, 4) is 5.75 Å². The molecule has 1 spiro atoms. The van der Waals surface area contributed by atoms with Gasteiger partial charge in [0.1, 0.15) is 5.75 Å². The molecule has 0 saturated carbocycles. The van der Waals surface area contributed by atoms with Crippen molar-refractivity contribution in [1.82, 2.24) is 4.90 Å². The molecule has 0 aliphatic carbocycles. The van der Waals surface area contributed by atoms with Crippen molar-refractivity contribution in [3.05, 3.63) is 95.1 Å². The van der Waals surface area contributed by atoms with Gasteiger partial charge in [-0.05, 0) is 42.8 Å². The molecule has 0 aromatic heterocycles. The average Bonchev–Trinajstić information content (AvgIpc) is 3.36. The van der Waals surface area contributed by atoms with Crippen LogP contribution >= 0.6 is 11.8 Å². The Bertz CT molecular complexity index is 1190. The monoisotopic (exact) mass is 444 g/mol. The van der Waals surface area contributed by atoms with Gasteiger partial charge in [-0.2, -0.15) is 0 Å². The van der Waals surface area contributed by atoms with Gasteiger partial charge in [-0.25, -0.2) is 0 Å². The number of methoxy groups -OCH3 is 1. The van der Waals surface area contributed by atoms with Crippen LogP contribution in [0.1, 0.15) is 27.0 Å². The molecular formula is C26H24N2O3S. The Labute approximate surface area is 192 Å². The fourth-order valence-electron chi connectivity index (χ4n) is 4.53. The van der Waals surface area contributed by atoms with Gasteiger partial charge in [-0.1, -0.05) is 48.0 Å². The predicted octanol–water partition coefficient (Wildman–Crippen LogP) is 4.59. The molecule has 2 aliphatic heterocycles. The van der Waals surface area contributed by atoms with Gasteiger partial charge in [0, 0.05) is 23.4 Å². The second-order valence-electron chi connectivity index (χ2n) is 8.08. The molecule has 1 unspecified atom stereocenters. The van der Waals surface area contributed by atoms with Crippen LogP contribution in [0.5, 0.6) is 5.75 Å². The van der Waals surface area contributed by atoms with E-state index in [1.54, 1.807) is 28.7 Å². The average molecular weight is 445 g/mol. The van der Waals surface area contributed by atoms with E-state index >= 15 is 0 Å². The molecule has 2 heterocycles. The predicted molar refractivity (Wildman–Crippen MR) is 127 cm³/mol. The third kappa shape index (κ3) is 3.17. The maximum Gasteiger partial charge on any atom is 0.268 e. The quantitative estimate of drug-likeness (QED) is 0.591. The van der Waals surface area contributed by atoms with Crippen LogP contribution in [-0.2, 0) is 16.2 Å². The van der Waals surface area contributed by atoms with E-state index < -0.39 is 4.87 Å². The number of aryl methyl sites for hydroxylation is 1. The summed E-state index contributed by atoms with van der Waals surface area (Å²) in [5.41, 5.74) is 4.42. The molecule has 0 N–H and O–H groups in total. The summed E-state index contributed by atoms with van der Waals surface area (Å²) in [6, 6.07) is 23.1. The minimum absolute atomic E-state index is 0.0653. The van der Waals surface area contributed by atoms with E-state index in [9.17, 15) is 9.59 Å². The van der Waals surface area contributed by atoms with Crippen LogP contribution in [0.25, 0.3) is 0 Å². The molecule has 1 fully saturated rings. The van der Waals surface area contributed by atoms with Crippen molar-refractivity contribution in [2.45, 2.75) is 18.3 Å². The molecule has 2 aliphatic rings. The van der Waals surface area contributed by atoms with Crippen LogP contribution in [0, 0.1) is 6.92 Å². The highest BCUT2D eigenvalue weighted by Crippen LogP contribution is 2.54. The van der Waals surface area contributed by atoms with E-state index in [0.717, 1.165) is 28.1 Å². The Balaban J connectivity index is 1.55. The Morgan fingerprint density at radius 1 is 1.06 bits per heavy atom. The summed E-state index contributed by atoms with van der Waals surface area (Å²) in [4.78, 5) is 30.1. The summed E-state index contributed by atoms with van der Waals surface area (Å²) in [6.45, 7) is 2.95. The van der Waals surface area contributed by atoms with Crippen molar-refractivity contribution in [1.29, 1.82) is 0 Å². The Hall–Kier alpha value is -3.25. The van der Waals surface area contributed by atoms with Gasteiger partial charge in [0.15, 0.2) is 4.87 Å². The lowest BCUT2D eigenvalue weighted by Gasteiger charge is -2.33. The Kier molecular flexibility index (Phi) is 5.18. The van der Waals surface area contributed by atoms with Gasteiger partial charge < -0.3 is 14.5 Å². The molecule has 5 rings (SSSR count). The summed E-state index contributed by atoms with van der Waals surface area (Å²) in [6.07, 6.45) is 0. The van der Waals surface area contributed by atoms with E-state index in [1.807, 2.05) is 79.7 Å². The van der Waals surface area contributed by atoms with Crippen LogP contribution in [0.2, 0.25) is 0 Å². The van der Waals surface area contributed by atoms with Gasteiger partial charge in [-0.15, -0.1) is 11.8 Å². The number of carbonyl (C=O) groups is 2. The zero-order chi connectivity index (χ0) is 22.3. The van der Waals surface area contributed by atoms with Gasteiger partial charge in [-0.3, -0.25) is 9.59 Å². The Morgan fingerprint density at radius 2 is 1.84 bits per heavy atom. The minimum Gasteiger partial charge on any atom is -0.497 e. The largest absolute Gasteiger partial charge is 0.497 e. The number of anilines is 1. The number of para-hydroxylation sites is 1. The van der Waals surface area contributed by atoms with Crippen molar-refractivity contribution in [2.24, 2.45) is 0 Å². The first-order valence-electron chi connectivity index (χ1n) is 10.6. The first kappa shape index (κ1) is 20.6. The number of thioether (sulfide) groups is 1. The molecule has 0 bridgehead atoms. The van der Waals surface area contributed by atoms with Crippen molar-refractivity contribution >= 4 is 29.3 Å². The van der Waals surface area contributed by atoms with E-state index in [-0.39, 0.29) is 11.8 Å². The fourth-order valence-corrected chi connectivity index (χ4v) is 5.99. The van der Waals surface area contributed by atoms with E-state index in [2.05, 4.69) is 0 Å². The summed E-state index contributed by atoms with van der Waals surface area (Å²) in [5.74, 6) is 1.29. The molecule has 162 valence electrons. The second kappa shape index (κ2) is 8.02. The first-order chi connectivity index (χ1) is 15.5. The lowest BCUT2D eigenvalue weighted by molar-refractivity contribution is -0.123. The number of amides is 2. The molecule has 6 heteroatoms. The molecule has 1 saturated heterocycles. The van der Waals surface area contributed by atoms with E-state index in [0.29, 0.717) is 24.4 Å². The van der Waals surface area contributed by atoms with Crippen LogP contribution in [-0.4, -0.2) is 36.1 Å². The zero-order valence-electron chi connectivity index (χ0n) is 18.1. The van der Waals surface area contributed by atoms with Crippen LogP contribution < -0.4 is 9.64 Å². The normalized spacial score (nSPS) is 19.5. The maximum atomic E-state index is 14.0. The molecule has 2 amide bonds. The summed E-state index contributed by atoms with van der Waals surface area (Å²) < 4.78 is 5.35. The topological polar surface area (TPSA) is 49.9 Å². The van der Waals surface area contributed by atoms with Crippen LogP contribution in [0.15, 0.2) is 72.8 Å². The molecular weight excluding hydrogens is 420 g/mol. The maximum absolute atomic E-state index is 14.0. The van der Waals surface area contributed by atoms with Crippen LogP contribution in [0.3, 0.4) is 0 Å². The molecule has 32 heavy (non-hydrogen) atoms. The number of benzene rings is 3. The number of nitrogens with zero attached hydrogens (tertiary/aromatic N) is 2. The van der Waals surface area contributed by atoms with Gasteiger partial charge in [0.25, 0.3) is 11.8 Å². The zero-order valence-corrected chi connectivity index (χ0v) is 18.9. The van der Waals surface area contributed by atoms with Crippen molar-refractivity contribution in [3.63, 3.8) is 0 Å². The highest BCUT2D eigenvalue weighted by molar-refractivity contribution is 8.01. The van der Waals surface area contributed by atoms with Gasteiger partial charge in [0.2, 0.25) is 0 Å². The minimum atomic E-state index is -1.03. The molecule has 5 nitrogen and oxygen atoms in total. The first-order valence-corrected chi connectivity index (χ1v) is 11.6. The molecule has 0 radical (unpaired) electrons. The standard InChI is InChI=1S/C26H24N2O3S/c1-18-10-12-20(13-11-18)24(29)28-14-15-32-26(28)22-8-3-4-9-23(22)27(25(26)30)17-19-6-5-7-21(16-19)31-2/h3-13,16H,14-15,17H2,1-2H3. The number of hydrogen-bond donors (Lipinski definition) is 0. The number of ether oxygens (including phenoxy) is 1. The molecule has 1 atom stereocenters. The van der Waals surface area contributed by atoms with Crippen molar-refractivity contribution in [2.75, 3.05) is 24.3 Å². The number of carbonyl (C=O) groups excluding carboxylic acids is 2. The van der Waals surface area contributed by atoms with Crippen molar-refractivity contribution < 1.29 is 14.3 Å². The summed E-state index contributed by atoms with van der Waals surface area (Å²) in [5, 5.41) is 0. The summed E-state index contributed by atoms with van der Waals surface area (Å²) in [7, 11) is 1.63. The Morgan fingerprint density at radius 3 is 2.62 bits per heavy atom. The lowest BCUT2D eigenvalue weighted by Crippen LogP contribution is -2.50. The van der Waals surface area contributed by atoms with E-state index in [1.165, 1.54) is 0 Å². The lowest BCUT2D eigenvalue weighted by atomic mass is 10.0. The highest BCUT2D eigenvalue weighted by atomic mass is 32.2. The van der Waals surface area contributed by atoms with Gasteiger partial charge in [0.05, 0.1) is 19.3 Å². The molecule has 3 aromatic rings. The van der Waals surface area contributed by atoms with E-state index in [4.69, 9.17) is 4.74 Å². The number of fused-ring (bicyclic) bond motifs is 2. The fraction of sp³-hybridized carbons (Fsp3) is 0.231. The smallest absolute Gasteiger partial charge is 0.268 e.